The molecule has 0 saturated carbocycles. The first-order valence-corrected chi connectivity index (χ1v) is 4.62. The van der Waals surface area contributed by atoms with Gasteiger partial charge < -0.3 is 15.4 Å². The van der Waals surface area contributed by atoms with Crippen LogP contribution >= 0.6 is 0 Å². The summed E-state index contributed by atoms with van der Waals surface area (Å²) in [5.74, 6) is 0. The van der Waals surface area contributed by atoms with Gasteiger partial charge in [-0.15, -0.1) is 0 Å². The minimum absolute atomic E-state index is 0.516. The van der Waals surface area contributed by atoms with Gasteiger partial charge in [0.2, 0.25) is 0 Å². The molecule has 0 fully saturated rings. The molecule has 0 bridgehead atoms. The molecule has 0 aliphatic heterocycles. The molecule has 3 heteroatoms. The summed E-state index contributed by atoms with van der Waals surface area (Å²) < 4.78 is 4.93. The molecule has 0 spiro atoms. The first-order valence-electron chi connectivity index (χ1n) is 4.62. The molecule has 12 heavy (non-hydrogen) atoms. The molecule has 0 aromatic rings. The van der Waals surface area contributed by atoms with E-state index in [0.717, 1.165) is 19.7 Å². The van der Waals surface area contributed by atoms with Crippen molar-refractivity contribution < 1.29 is 4.74 Å². The van der Waals surface area contributed by atoms with Crippen LogP contribution in [0.1, 0.15) is 20.8 Å². The lowest BCUT2D eigenvalue weighted by Crippen LogP contribution is -2.40. The zero-order valence-electron chi connectivity index (χ0n) is 8.68. The van der Waals surface area contributed by atoms with Crippen LogP contribution in [0, 0.1) is 0 Å². The van der Waals surface area contributed by atoms with Crippen LogP contribution < -0.4 is 10.6 Å². The Bertz CT molecular complexity index is 96.5. The lowest BCUT2D eigenvalue weighted by Gasteiger charge is -2.16. The van der Waals surface area contributed by atoms with Crippen LogP contribution in [0.15, 0.2) is 0 Å². The predicted molar refractivity (Wildman–Crippen MR) is 52.5 cm³/mol. The monoisotopic (exact) mass is 174 g/mol. The zero-order chi connectivity index (χ0) is 9.40. The number of hydrogen-bond donors (Lipinski definition) is 2. The molecule has 0 amide bonds. The van der Waals surface area contributed by atoms with Crippen LogP contribution in [0.3, 0.4) is 0 Å². The Labute approximate surface area is 75.9 Å². The van der Waals surface area contributed by atoms with Gasteiger partial charge in [-0.05, 0) is 6.92 Å². The second-order valence-electron chi connectivity index (χ2n) is 3.41. The van der Waals surface area contributed by atoms with Gasteiger partial charge in [-0.3, -0.25) is 0 Å². The van der Waals surface area contributed by atoms with E-state index < -0.39 is 0 Å². The van der Waals surface area contributed by atoms with Gasteiger partial charge in [0.05, 0.1) is 6.61 Å². The minimum atomic E-state index is 0.516. The van der Waals surface area contributed by atoms with E-state index in [1.54, 1.807) is 7.11 Å². The number of rotatable bonds is 7. The molecule has 1 unspecified atom stereocenters. The van der Waals surface area contributed by atoms with Crippen LogP contribution in [0.5, 0.6) is 0 Å². The molecule has 74 valence electrons. The fraction of sp³-hybridized carbons (Fsp3) is 1.00. The van der Waals surface area contributed by atoms with Gasteiger partial charge in [0, 0.05) is 32.3 Å². The van der Waals surface area contributed by atoms with Crippen molar-refractivity contribution >= 4 is 0 Å². The van der Waals surface area contributed by atoms with Crippen molar-refractivity contribution in [1.29, 1.82) is 0 Å². The summed E-state index contributed by atoms with van der Waals surface area (Å²) >= 11 is 0. The molecule has 0 aromatic carbocycles. The van der Waals surface area contributed by atoms with Crippen LogP contribution in [-0.2, 0) is 4.74 Å². The highest BCUT2D eigenvalue weighted by atomic mass is 16.5. The topological polar surface area (TPSA) is 33.3 Å². The Balaban J connectivity index is 3.15. The van der Waals surface area contributed by atoms with Gasteiger partial charge in [-0.1, -0.05) is 13.8 Å². The van der Waals surface area contributed by atoms with E-state index in [2.05, 4.69) is 31.4 Å². The Kier molecular flexibility index (Phi) is 7.45. The SMILES string of the molecule is COCCNC(C)CNC(C)C. The highest BCUT2D eigenvalue weighted by Crippen LogP contribution is 1.81. The molecule has 0 rings (SSSR count). The number of methoxy groups -OCH3 is 1. The summed E-state index contributed by atoms with van der Waals surface area (Å²) in [4.78, 5) is 0. The van der Waals surface area contributed by atoms with Crippen LogP contribution in [0.25, 0.3) is 0 Å². The van der Waals surface area contributed by atoms with Crippen LogP contribution in [-0.4, -0.2) is 38.9 Å². The maximum absolute atomic E-state index is 4.93. The van der Waals surface area contributed by atoms with E-state index in [0.29, 0.717) is 12.1 Å². The molecule has 0 aromatic heterocycles. The maximum Gasteiger partial charge on any atom is 0.0587 e. The molecule has 2 N–H and O–H groups in total. The fourth-order valence-electron chi connectivity index (χ4n) is 0.892. The minimum Gasteiger partial charge on any atom is -0.383 e. The molecular formula is C9H22N2O. The molecule has 0 radical (unpaired) electrons. The van der Waals surface area contributed by atoms with Gasteiger partial charge in [0.1, 0.15) is 0 Å². The van der Waals surface area contributed by atoms with Gasteiger partial charge in [0.25, 0.3) is 0 Å². The van der Waals surface area contributed by atoms with E-state index in [9.17, 15) is 0 Å². The van der Waals surface area contributed by atoms with E-state index >= 15 is 0 Å². The highest BCUT2D eigenvalue weighted by Gasteiger charge is 2.00. The summed E-state index contributed by atoms with van der Waals surface area (Å²) in [7, 11) is 1.72. The normalized spacial score (nSPS) is 13.8. The summed E-state index contributed by atoms with van der Waals surface area (Å²) in [5.41, 5.74) is 0. The first kappa shape index (κ1) is 11.9. The van der Waals surface area contributed by atoms with Gasteiger partial charge >= 0.3 is 0 Å². The van der Waals surface area contributed by atoms with Crippen molar-refractivity contribution in [3.63, 3.8) is 0 Å². The molecule has 0 aliphatic rings. The third kappa shape index (κ3) is 7.98. The quantitative estimate of drug-likeness (QED) is 0.555. The standard InChI is InChI=1S/C9H22N2O/c1-8(2)11-7-9(3)10-5-6-12-4/h8-11H,5-7H2,1-4H3. The summed E-state index contributed by atoms with van der Waals surface area (Å²) in [5, 5.41) is 6.72. The second-order valence-corrected chi connectivity index (χ2v) is 3.41. The van der Waals surface area contributed by atoms with Crippen molar-refractivity contribution in [1.82, 2.24) is 10.6 Å². The molecular weight excluding hydrogens is 152 g/mol. The Morgan fingerprint density at radius 3 is 2.33 bits per heavy atom. The average molecular weight is 174 g/mol. The summed E-state index contributed by atoms with van der Waals surface area (Å²) in [6, 6.07) is 1.08. The third-order valence-corrected chi connectivity index (χ3v) is 1.63. The molecule has 0 saturated heterocycles. The Hall–Kier alpha value is -0.120. The van der Waals surface area contributed by atoms with Crippen molar-refractivity contribution in [2.75, 3.05) is 26.8 Å². The lowest BCUT2D eigenvalue weighted by molar-refractivity contribution is 0.196. The Morgan fingerprint density at radius 1 is 1.17 bits per heavy atom. The van der Waals surface area contributed by atoms with Crippen LogP contribution in [0.2, 0.25) is 0 Å². The van der Waals surface area contributed by atoms with Crippen LogP contribution in [0.4, 0.5) is 0 Å². The van der Waals surface area contributed by atoms with Crippen molar-refractivity contribution in [3.8, 4) is 0 Å². The summed E-state index contributed by atoms with van der Waals surface area (Å²) in [6.45, 7) is 9.21. The van der Waals surface area contributed by atoms with Crippen molar-refractivity contribution in [3.05, 3.63) is 0 Å². The third-order valence-electron chi connectivity index (χ3n) is 1.63. The highest BCUT2D eigenvalue weighted by molar-refractivity contribution is 4.65. The number of ether oxygens (including phenoxy) is 1. The largest absolute Gasteiger partial charge is 0.383 e. The average Bonchev–Trinajstić information content (AvgIpc) is 2.01. The van der Waals surface area contributed by atoms with E-state index in [1.807, 2.05) is 0 Å². The second kappa shape index (κ2) is 7.53. The molecule has 1 atom stereocenters. The van der Waals surface area contributed by atoms with Gasteiger partial charge in [-0.2, -0.15) is 0 Å². The number of hydrogen-bond acceptors (Lipinski definition) is 3. The molecule has 0 aliphatic carbocycles. The van der Waals surface area contributed by atoms with Gasteiger partial charge in [-0.25, -0.2) is 0 Å². The zero-order valence-corrected chi connectivity index (χ0v) is 8.68. The lowest BCUT2D eigenvalue weighted by atomic mass is 10.3. The smallest absolute Gasteiger partial charge is 0.0587 e. The molecule has 3 nitrogen and oxygen atoms in total. The van der Waals surface area contributed by atoms with E-state index in [-0.39, 0.29) is 0 Å². The fourth-order valence-corrected chi connectivity index (χ4v) is 0.892. The number of nitrogens with one attached hydrogen (secondary N) is 2. The predicted octanol–water partition coefficient (Wildman–Crippen LogP) is 0.609. The summed E-state index contributed by atoms with van der Waals surface area (Å²) in [6.07, 6.45) is 0. The first-order chi connectivity index (χ1) is 5.66. The van der Waals surface area contributed by atoms with E-state index in [4.69, 9.17) is 4.74 Å². The Morgan fingerprint density at radius 2 is 1.83 bits per heavy atom. The van der Waals surface area contributed by atoms with Crippen molar-refractivity contribution in [2.24, 2.45) is 0 Å². The molecule has 0 heterocycles. The maximum atomic E-state index is 4.93. The van der Waals surface area contributed by atoms with Crippen molar-refractivity contribution in [2.45, 2.75) is 32.9 Å². The van der Waals surface area contributed by atoms with Gasteiger partial charge in [0.15, 0.2) is 0 Å². The van der Waals surface area contributed by atoms with E-state index in [1.165, 1.54) is 0 Å².